The number of nitrogens with zero attached hydrogens (tertiary/aromatic N) is 1. The highest BCUT2D eigenvalue weighted by Crippen LogP contribution is 2.32. The number of ether oxygens (including phenoxy) is 1. The van der Waals surface area contributed by atoms with Crippen molar-refractivity contribution in [3.05, 3.63) is 35.9 Å². The molecule has 23 heavy (non-hydrogen) atoms. The van der Waals surface area contributed by atoms with Crippen molar-refractivity contribution < 1.29 is 14.3 Å². The average Bonchev–Trinajstić information content (AvgIpc) is 2.45. The third-order valence-electron chi connectivity index (χ3n) is 4.41. The lowest BCUT2D eigenvalue weighted by atomic mass is 9.88. The summed E-state index contributed by atoms with van der Waals surface area (Å²) < 4.78 is 5.45. The molecule has 1 aromatic carbocycles. The second-order valence-electron chi connectivity index (χ2n) is 7.44. The molecule has 1 fully saturated rings. The Morgan fingerprint density at radius 3 is 2.43 bits per heavy atom. The molecule has 1 aliphatic heterocycles. The quantitative estimate of drug-likeness (QED) is 0.842. The Labute approximate surface area is 138 Å². The van der Waals surface area contributed by atoms with E-state index in [-0.39, 0.29) is 23.8 Å². The van der Waals surface area contributed by atoms with Crippen LogP contribution in [0.1, 0.15) is 46.6 Å². The third-order valence-corrected chi connectivity index (χ3v) is 4.41. The number of amides is 2. The fourth-order valence-electron chi connectivity index (χ4n) is 3.14. The average molecular weight is 317 g/mol. The normalized spacial score (nSPS) is 21.9. The van der Waals surface area contributed by atoms with Gasteiger partial charge < -0.3 is 4.74 Å². The zero-order chi connectivity index (χ0) is 17.2. The van der Waals surface area contributed by atoms with Gasteiger partial charge in [0.15, 0.2) is 0 Å². The van der Waals surface area contributed by atoms with Gasteiger partial charge in [-0.2, -0.15) is 0 Å². The first kappa shape index (κ1) is 17.5. The molecule has 0 aliphatic carbocycles. The second-order valence-corrected chi connectivity index (χ2v) is 7.44. The molecule has 1 heterocycles. The molecule has 1 aliphatic rings. The van der Waals surface area contributed by atoms with Crippen LogP contribution in [0, 0.1) is 11.8 Å². The number of benzene rings is 1. The van der Waals surface area contributed by atoms with E-state index in [1.165, 1.54) is 4.90 Å². The maximum absolute atomic E-state index is 12.9. The van der Waals surface area contributed by atoms with E-state index in [0.717, 1.165) is 5.56 Å². The van der Waals surface area contributed by atoms with Gasteiger partial charge in [0.1, 0.15) is 5.60 Å². The fraction of sp³-hybridized carbons (Fsp3) is 0.579. The Kier molecular flexibility index (Phi) is 5.12. The molecule has 4 nitrogen and oxygen atoms in total. The van der Waals surface area contributed by atoms with Crippen LogP contribution in [0.2, 0.25) is 0 Å². The minimum atomic E-state index is -0.522. The molecule has 0 radical (unpaired) electrons. The van der Waals surface area contributed by atoms with Crippen LogP contribution in [-0.4, -0.2) is 28.5 Å². The molecule has 2 atom stereocenters. The zero-order valence-electron chi connectivity index (χ0n) is 14.7. The monoisotopic (exact) mass is 317 g/mol. The van der Waals surface area contributed by atoms with Crippen LogP contribution >= 0.6 is 0 Å². The first-order valence-electron chi connectivity index (χ1n) is 8.31. The lowest BCUT2D eigenvalue weighted by Crippen LogP contribution is -2.58. The summed E-state index contributed by atoms with van der Waals surface area (Å²) in [4.78, 5) is 26.6. The van der Waals surface area contributed by atoms with E-state index >= 15 is 0 Å². The molecule has 4 heteroatoms. The highest BCUT2D eigenvalue weighted by atomic mass is 16.6. The molecule has 0 bridgehead atoms. The Hall–Kier alpha value is -1.84. The second kappa shape index (κ2) is 6.73. The van der Waals surface area contributed by atoms with Crippen molar-refractivity contribution >= 4 is 12.0 Å². The predicted octanol–water partition coefficient (Wildman–Crippen LogP) is 4.04. The van der Waals surface area contributed by atoms with Crippen molar-refractivity contribution in [1.29, 1.82) is 0 Å². The summed E-state index contributed by atoms with van der Waals surface area (Å²) in [5.74, 6) is -0.199. The van der Waals surface area contributed by atoms with Crippen LogP contribution in [0.4, 0.5) is 4.79 Å². The van der Waals surface area contributed by atoms with E-state index in [9.17, 15) is 9.59 Å². The van der Waals surface area contributed by atoms with E-state index in [1.807, 2.05) is 65.0 Å². The van der Waals surface area contributed by atoms with Crippen molar-refractivity contribution in [2.45, 2.75) is 59.1 Å². The third kappa shape index (κ3) is 4.12. The van der Waals surface area contributed by atoms with Crippen molar-refractivity contribution in [3.63, 3.8) is 0 Å². The van der Waals surface area contributed by atoms with Gasteiger partial charge in [-0.3, -0.25) is 4.79 Å². The summed E-state index contributed by atoms with van der Waals surface area (Å²) in [5, 5.41) is 0. The maximum atomic E-state index is 12.9. The number of carbonyl (C=O) groups excluding carboxylic acids is 2. The molecule has 0 unspecified atom stereocenters. The van der Waals surface area contributed by atoms with Crippen LogP contribution in [0.5, 0.6) is 0 Å². The van der Waals surface area contributed by atoms with Gasteiger partial charge in [-0.15, -0.1) is 0 Å². The van der Waals surface area contributed by atoms with Gasteiger partial charge in [-0.1, -0.05) is 51.1 Å². The minimum Gasteiger partial charge on any atom is -0.443 e. The fourth-order valence-corrected chi connectivity index (χ4v) is 3.14. The number of cyclic esters (lactones) is 1. The number of imide groups is 1. The van der Waals surface area contributed by atoms with Gasteiger partial charge in [-0.05, 0) is 31.7 Å². The van der Waals surface area contributed by atoms with Crippen LogP contribution in [0.3, 0.4) is 0 Å². The number of rotatable bonds is 4. The summed E-state index contributed by atoms with van der Waals surface area (Å²) in [5.41, 5.74) is 0.575. The maximum Gasteiger partial charge on any atom is 0.417 e. The predicted molar refractivity (Wildman–Crippen MR) is 90.0 cm³/mol. The van der Waals surface area contributed by atoms with Gasteiger partial charge in [0.25, 0.3) is 0 Å². The SMILES string of the molecule is CC(C)[C@H]1CC(C)(C)OC(=O)N1C(=O)[C@H](C)Cc1ccccc1. The molecule has 0 spiro atoms. The molecule has 126 valence electrons. The summed E-state index contributed by atoms with van der Waals surface area (Å²) in [6, 6.07) is 9.76. The topological polar surface area (TPSA) is 46.6 Å². The highest BCUT2D eigenvalue weighted by Gasteiger charge is 2.45. The zero-order valence-corrected chi connectivity index (χ0v) is 14.7. The van der Waals surface area contributed by atoms with Crippen LogP contribution < -0.4 is 0 Å². The van der Waals surface area contributed by atoms with Gasteiger partial charge in [0.2, 0.25) is 5.91 Å². The molecule has 2 rings (SSSR count). The minimum absolute atomic E-state index is 0.114. The van der Waals surface area contributed by atoms with E-state index in [2.05, 4.69) is 0 Å². The molecule has 0 aromatic heterocycles. The van der Waals surface area contributed by atoms with Crippen LogP contribution in [-0.2, 0) is 16.0 Å². The first-order chi connectivity index (χ1) is 10.7. The van der Waals surface area contributed by atoms with E-state index in [0.29, 0.717) is 12.8 Å². The molecular weight excluding hydrogens is 290 g/mol. The summed E-state index contributed by atoms with van der Waals surface area (Å²) in [6.07, 6.45) is 0.780. The lowest BCUT2D eigenvalue weighted by Gasteiger charge is -2.44. The van der Waals surface area contributed by atoms with Crippen LogP contribution in [0.25, 0.3) is 0 Å². The van der Waals surface area contributed by atoms with Crippen molar-refractivity contribution in [2.24, 2.45) is 11.8 Å². The molecule has 1 aromatic rings. The van der Waals surface area contributed by atoms with Gasteiger partial charge in [0.05, 0.1) is 0 Å². The first-order valence-corrected chi connectivity index (χ1v) is 8.31. The van der Waals surface area contributed by atoms with Gasteiger partial charge in [-0.25, -0.2) is 9.69 Å². The van der Waals surface area contributed by atoms with Gasteiger partial charge in [0, 0.05) is 18.4 Å². The van der Waals surface area contributed by atoms with Gasteiger partial charge >= 0.3 is 6.09 Å². The lowest BCUT2D eigenvalue weighted by molar-refractivity contribution is -0.143. The summed E-state index contributed by atoms with van der Waals surface area (Å²) in [6.45, 7) is 9.76. The number of carbonyl (C=O) groups is 2. The largest absolute Gasteiger partial charge is 0.443 e. The smallest absolute Gasteiger partial charge is 0.417 e. The number of hydrogen-bond acceptors (Lipinski definition) is 3. The van der Waals surface area contributed by atoms with Crippen LogP contribution in [0.15, 0.2) is 30.3 Å². The Morgan fingerprint density at radius 1 is 1.26 bits per heavy atom. The number of hydrogen-bond donors (Lipinski definition) is 0. The Bertz CT molecular complexity index is 565. The van der Waals surface area contributed by atoms with E-state index < -0.39 is 11.7 Å². The summed E-state index contributed by atoms with van der Waals surface area (Å²) >= 11 is 0. The molecule has 0 N–H and O–H groups in total. The Balaban J connectivity index is 2.16. The highest BCUT2D eigenvalue weighted by molar-refractivity contribution is 5.94. The van der Waals surface area contributed by atoms with E-state index in [1.54, 1.807) is 0 Å². The van der Waals surface area contributed by atoms with Crippen molar-refractivity contribution in [2.75, 3.05) is 0 Å². The molecule has 0 saturated carbocycles. The summed E-state index contributed by atoms with van der Waals surface area (Å²) in [7, 11) is 0. The molecule has 1 saturated heterocycles. The Morgan fingerprint density at radius 2 is 1.87 bits per heavy atom. The van der Waals surface area contributed by atoms with Crippen molar-refractivity contribution in [1.82, 2.24) is 4.90 Å². The standard InChI is InChI=1S/C19H27NO3/c1-13(2)16-12-19(4,5)23-18(22)20(16)17(21)14(3)11-15-9-7-6-8-10-15/h6-10,13-14,16H,11-12H2,1-5H3/t14-,16-/m1/s1. The van der Waals surface area contributed by atoms with Crippen molar-refractivity contribution in [3.8, 4) is 0 Å². The molecule has 2 amide bonds. The van der Waals surface area contributed by atoms with E-state index in [4.69, 9.17) is 4.74 Å². The molecular formula is C19H27NO3.